The highest BCUT2D eigenvalue weighted by molar-refractivity contribution is 5.60. The quantitative estimate of drug-likeness (QED) is 0.674. The molecular weight excluding hydrogens is 350 g/mol. The van der Waals surface area contributed by atoms with Gasteiger partial charge in [-0.1, -0.05) is 72.7 Å². The number of benzene rings is 1. The number of hydrogen-bond acceptors (Lipinski definition) is 4. The van der Waals surface area contributed by atoms with E-state index in [9.17, 15) is 4.79 Å². The molecule has 1 aromatic carbocycles. The van der Waals surface area contributed by atoms with Crippen molar-refractivity contribution in [2.45, 2.75) is 66.8 Å². The molecule has 3 rings (SSSR count). The predicted octanol–water partition coefficient (Wildman–Crippen LogP) is 4.86. The van der Waals surface area contributed by atoms with Crippen LogP contribution in [0.15, 0.2) is 35.1 Å². The van der Waals surface area contributed by atoms with Crippen molar-refractivity contribution in [3.63, 3.8) is 0 Å². The van der Waals surface area contributed by atoms with Gasteiger partial charge in [-0.3, -0.25) is 9.89 Å². The Labute approximate surface area is 167 Å². The molecule has 0 bridgehead atoms. The number of anilines is 1. The molecule has 3 aromatic rings. The number of fused-ring (bicyclic) bond motifs is 1. The van der Waals surface area contributed by atoms with Gasteiger partial charge in [0.2, 0.25) is 5.95 Å². The fourth-order valence-corrected chi connectivity index (χ4v) is 2.62. The first-order valence-corrected chi connectivity index (χ1v) is 10.0. The Kier molecular flexibility index (Phi) is 6.65. The van der Waals surface area contributed by atoms with E-state index in [1.54, 1.807) is 4.52 Å². The Morgan fingerprint density at radius 3 is 2.18 bits per heavy atom. The van der Waals surface area contributed by atoms with E-state index in [4.69, 9.17) is 0 Å². The van der Waals surface area contributed by atoms with E-state index >= 15 is 0 Å². The number of aromatic nitrogens is 4. The second-order valence-electron chi connectivity index (χ2n) is 8.19. The summed E-state index contributed by atoms with van der Waals surface area (Å²) in [6.45, 7) is 16.9. The predicted molar refractivity (Wildman–Crippen MR) is 117 cm³/mol. The van der Waals surface area contributed by atoms with Crippen LogP contribution >= 0.6 is 0 Å². The molecule has 0 aliphatic carbocycles. The van der Waals surface area contributed by atoms with E-state index in [2.05, 4.69) is 74.1 Å². The van der Waals surface area contributed by atoms with Gasteiger partial charge in [-0.15, -0.1) is 0 Å². The van der Waals surface area contributed by atoms with Gasteiger partial charge in [-0.2, -0.15) is 4.98 Å². The van der Waals surface area contributed by atoms with Crippen LogP contribution in [-0.2, 0) is 5.41 Å². The molecule has 0 radical (unpaired) electrons. The van der Waals surface area contributed by atoms with Crippen LogP contribution in [0.5, 0.6) is 0 Å². The Morgan fingerprint density at radius 1 is 1.04 bits per heavy atom. The van der Waals surface area contributed by atoms with Crippen LogP contribution in [0.25, 0.3) is 17.0 Å². The third-order valence-electron chi connectivity index (χ3n) is 4.72. The number of nitrogens with one attached hydrogen (secondary N) is 2. The minimum atomic E-state index is -0.195. The highest BCUT2D eigenvalue weighted by Gasteiger charge is 2.16. The second kappa shape index (κ2) is 8.59. The molecule has 0 aliphatic heterocycles. The summed E-state index contributed by atoms with van der Waals surface area (Å²) in [6.07, 6.45) is 0. The highest BCUT2D eigenvalue weighted by atomic mass is 16.1. The standard InChI is InChI=1S/C20H27N5O.C2H6/c1-12(2)13(3)21-19-23-18(22-16-11-17(26)24-25(16)19)14-7-9-15(10-8-14)20(4,5)6;1-2/h7-13H,1-6H3,(H,24,26)(H,21,22,23);1-2H3. The van der Waals surface area contributed by atoms with Crippen LogP contribution in [0.3, 0.4) is 0 Å². The molecule has 0 saturated carbocycles. The van der Waals surface area contributed by atoms with E-state index in [1.807, 2.05) is 26.0 Å². The maximum Gasteiger partial charge on any atom is 0.266 e. The first kappa shape index (κ1) is 21.7. The zero-order valence-corrected chi connectivity index (χ0v) is 18.3. The van der Waals surface area contributed by atoms with Crippen molar-refractivity contribution in [2.75, 3.05) is 5.32 Å². The highest BCUT2D eigenvalue weighted by Crippen LogP contribution is 2.25. The van der Waals surface area contributed by atoms with Gasteiger partial charge >= 0.3 is 0 Å². The lowest BCUT2D eigenvalue weighted by Crippen LogP contribution is -2.24. The topological polar surface area (TPSA) is 75.1 Å². The van der Waals surface area contributed by atoms with Gasteiger partial charge < -0.3 is 5.32 Å². The van der Waals surface area contributed by atoms with Crippen molar-refractivity contribution in [1.82, 2.24) is 19.6 Å². The van der Waals surface area contributed by atoms with Crippen LogP contribution in [-0.4, -0.2) is 25.6 Å². The minimum absolute atomic E-state index is 0.0940. The molecule has 28 heavy (non-hydrogen) atoms. The third kappa shape index (κ3) is 4.80. The first-order chi connectivity index (χ1) is 13.1. The molecule has 6 nitrogen and oxygen atoms in total. The largest absolute Gasteiger partial charge is 0.351 e. The van der Waals surface area contributed by atoms with Crippen LogP contribution in [0.4, 0.5) is 5.95 Å². The monoisotopic (exact) mass is 383 g/mol. The number of nitrogens with zero attached hydrogens (tertiary/aromatic N) is 3. The van der Waals surface area contributed by atoms with Gasteiger partial charge in [0.05, 0.1) is 0 Å². The van der Waals surface area contributed by atoms with E-state index in [1.165, 1.54) is 11.6 Å². The van der Waals surface area contributed by atoms with Gasteiger partial charge in [0, 0.05) is 17.7 Å². The van der Waals surface area contributed by atoms with E-state index in [-0.39, 0.29) is 17.0 Å². The maximum atomic E-state index is 11.8. The summed E-state index contributed by atoms with van der Waals surface area (Å²) in [5.74, 6) is 1.62. The molecular formula is C22H33N5O. The lowest BCUT2D eigenvalue weighted by Gasteiger charge is -2.20. The molecule has 152 valence electrons. The van der Waals surface area contributed by atoms with E-state index in [0.29, 0.717) is 23.3 Å². The molecule has 2 heterocycles. The van der Waals surface area contributed by atoms with E-state index < -0.39 is 0 Å². The first-order valence-electron chi connectivity index (χ1n) is 10.0. The fourth-order valence-electron chi connectivity index (χ4n) is 2.62. The van der Waals surface area contributed by atoms with Gasteiger partial charge in [0.25, 0.3) is 5.56 Å². The van der Waals surface area contributed by atoms with Crippen molar-refractivity contribution < 1.29 is 0 Å². The van der Waals surface area contributed by atoms with Gasteiger partial charge in [0.1, 0.15) is 0 Å². The Bertz CT molecular complexity index is 961. The molecule has 2 N–H and O–H groups in total. The summed E-state index contributed by atoms with van der Waals surface area (Å²) in [7, 11) is 0. The molecule has 6 heteroatoms. The smallest absolute Gasteiger partial charge is 0.266 e. The van der Waals surface area contributed by atoms with Crippen LogP contribution < -0.4 is 10.9 Å². The van der Waals surface area contributed by atoms with Crippen molar-refractivity contribution in [3.05, 3.63) is 46.2 Å². The summed E-state index contributed by atoms with van der Waals surface area (Å²) in [5, 5.41) is 6.14. The second-order valence-corrected chi connectivity index (χ2v) is 8.19. The molecule has 1 unspecified atom stereocenters. The molecule has 1 atom stereocenters. The zero-order valence-electron chi connectivity index (χ0n) is 18.3. The summed E-state index contributed by atoms with van der Waals surface area (Å²) >= 11 is 0. The maximum absolute atomic E-state index is 11.8. The lowest BCUT2D eigenvalue weighted by atomic mass is 9.87. The summed E-state index contributed by atoms with van der Waals surface area (Å²) in [4.78, 5) is 21.0. The number of rotatable bonds is 4. The van der Waals surface area contributed by atoms with E-state index in [0.717, 1.165) is 5.56 Å². The minimum Gasteiger partial charge on any atom is -0.351 e. The Hall–Kier alpha value is -2.63. The molecule has 0 fully saturated rings. The van der Waals surface area contributed by atoms with Gasteiger partial charge in [-0.05, 0) is 23.8 Å². The molecule has 0 amide bonds. The summed E-state index contributed by atoms with van der Waals surface area (Å²) in [6, 6.07) is 9.97. The Balaban J connectivity index is 0.00000136. The lowest BCUT2D eigenvalue weighted by molar-refractivity contribution is 0.554. The van der Waals surface area contributed by atoms with Crippen molar-refractivity contribution >= 4 is 11.6 Å². The van der Waals surface area contributed by atoms with Crippen molar-refractivity contribution in [3.8, 4) is 11.4 Å². The van der Waals surface area contributed by atoms with Crippen molar-refractivity contribution in [2.24, 2.45) is 5.92 Å². The average molecular weight is 384 g/mol. The van der Waals surface area contributed by atoms with Gasteiger partial charge in [-0.25, -0.2) is 9.50 Å². The zero-order chi connectivity index (χ0) is 21.1. The average Bonchev–Trinajstić information content (AvgIpc) is 3.03. The van der Waals surface area contributed by atoms with Gasteiger partial charge in [0.15, 0.2) is 11.5 Å². The third-order valence-corrected chi connectivity index (χ3v) is 4.72. The SMILES string of the molecule is CC.CC(C)C(C)Nc1nc(-c2ccc(C(C)(C)C)cc2)nc2cc(=O)[nH]n12. The van der Waals surface area contributed by atoms with Crippen LogP contribution in [0.1, 0.15) is 61.0 Å². The van der Waals surface area contributed by atoms with Crippen LogP contribution in [0, 0.1) is 5.92 Å². The molecule has 2 aromatic heterocycles. The number of hydrogen-bond donors (Lipinski definition) is 2. The number of aromatic amines is 1. The van der Waals surface area contributed by atoms with Crippen molar-refractivity contribution in [1.29, 1.82) is 0 Å². The molecule has 0 spiro atoms. The molecule has 0 aliphatic rings. The Morgan fingerprint density at radius 2 is 1.64 bits per heavy atom. The number of H-pyrrole nitrogens is 1. The van der Waals surface area contributed by atoms with Crippen LogP contribution in [0.2, 0.25) is 0 Å². The fraction of sp³-hybridized carbons (Fsp3) is 0.500. The summed E-state index contributed by atoms with van der Waals surface area (Å²) in [5.41, 5.74) is 2.64. The normalized spacial score (nSPS) is 12.6. The molecule has 0 saturated heterocycles. The summed E-state index contributed by atoms with van der Waals surface area (Å²) < 4.78 is 1.61.